The Morgan fingerprint density at radius 3 is 2.54 bits per heavy atom. The van der Waals surface area contributed by atoms with Gasteiger partial charge >= 0.3 is 0 Å². The summed E-state index contributed by atoms with van der Waals surface area (Å²) in [7, 11) is 0. The number of rotatable bonds is 4. The van der Waals surface area contributed by atoms with Gasteiger partial charge in [-0.05, 0) is 37.1 Å². The number of carbonyl (C=O) groups is 2. The van der Waals surface area contributed by atoms with Gasteiger partial charge in [-0.3, -0.25) is 9.59 Å². The Kier molecular flexibility index (Phi) is 5.36. The van der Waals surface area contributed by atoms with Gasteiger partial charge in [-0.2, -0.15) is 0 Å². The Bertz CT molecular complexity index is 758. The monoisotopic (exact) mass is 389 g/mol. The van der Waals surface area contributed by atoms with Crippen LogP contribution in [0.5, 0.6) is 0 Å². The van der Waals surface area contributed by atoms with Crippen LogP contribution in [0.4, 0.5) is 0 Å². The van der Waals surface area contributed by atoms with Gasteiger partial charge in [-0.1, -0.05) is 6.07 Å². The Labute approximate surface area is 161 Å². The van der Waals surface area contributed by atoms with E-state index in [4.69, 9.17) is 0 Å². The molecule has 2 aromatic heterocycles. The van der Waals surface area contributed by atoms with E-state index in [9.17, 15) is 9.59 Å². The predicted molar refractivity (Wildman–Crippen MR) is 104 cm³/mol. The zero-order valence-electron chi connectivity index (χ0n) is 14.7. The number of hydrogen-bond acceptors (Lipinski definition) is 5. The SMILES string of the molecule is O=C(Cc1csc(-c2cccs2)n1)N1CCC(C(=O)N2CCCC2)CC1. The second-order valence-corrected chi connectivity index (χ2v) is 8.79. The third-order valence-corrected chi connectivity index (χ3v) is 7.16. The van der Waals surface area contributed by atoms with Crippen LogP contribution in [0.15, 0.2) is 22.9 Å². The fourth-order valence-corrected chi connectivity index (χ4v) is 5.37. The molecule has 0 aliphatic carbocycles. The molecule has 4 heterocycles. The molecule has 0 spiro atoms. The lowest BCUT2D eigenvalue weighted by atomic mass is 9.95. The summed E-state index contributed by atoms with van der Waals surface area (Å²) < 4.78 is 0. The maximum Gasteiger partial charge on any atom is 0.228 e. The number of nitrogens with zero attached hydrogens (tertiary/aromatic N) is 3. The fraction of sp³-hybridized carbons (Fsp3) is 0.526. The van der Waals surface area contributed by atoms with Crippen LogP contribution in [0, 0.1) is 5.92 Å². The average Bonchev–Trinajstić information content (AvgIpc) is 3.42. The van der Waals surface area contributed by atoms with Crippen LogP contribution < -0.4 is 0 Å². The maximum atomic E-state index is 12.6. The lowest BCUT2D eigenvalue weighted by molar-refractivity contribution is -0.139. The summed E-state index contributed by atoms with van der Waals surface area (Å²) in [5.41, 5.74) is 0.846. The number of likely N-dealkylation sites (tertiary alicyclic amines) is 2. The van der Waals surface area contributed by atoms with Crippen LogP contribution in [0.3, 0.4) is 0 Å². The Balaban J connectivity index is 1.29. The zero-order valence-corrected chi connectivity index (χ0v) is 16.4. The van der Waals surface area contributed by atoms with Crippen molar-refractivity contribution < 1.29 is 9.59 Å². The molecule has 0 atom stereocenters. The Morgan fingerprint density at radius 2 is 1.85 bits per heavy atom. The Morgan fingerprint density at radius 1 is 1.08 bits per heavy atom. The Hall–Kier alpha value is -1.73. The third-order valence-electron chi connectivity index (χ3n) is 5.23. The van der Waals surface area contributed by atoms with E-state index in [1.54, 1.807) is 22.7 Å². The van der Waals surface area contributed by atoms with Crippen LogP contribution in [-0.4, -0.2) is 52.8 Å². The van der Waals surface area contributed by atoms with Crippen molar-refractivity contribution in [1.29, 1.82) is 0 Å². The number of amides is 2. The molecule has 7 heteroatoms. The van der Waals surface area contributed by atoms with Gasteiger partial charge in [0.2, 0.25) is 11.8 Å². The van der Waals surface area contributed by atoms with Crippen molar-refractivity contribution in [2.75, 3.05) is 26.2 Å². The lowest BCUT2D eigenvalue weighted by Crippen LogP contribution is -2.44. The summed E-state index contributed by atoms with van der Waals surface area (Å²) in [5, 5.41) is 5.00. The molecule has 2 fully saturated rings. The van der Waals surface area contributed by atoms with Crippen molar-refractivity contribution in [1.82, 2.24) is 14.8 Å². The highest BCUT2D eigenvalue weighted by Gasteiger charge is 2.31. The molecule has 2 amide bonds. The number of hydrogen-bond donors (Lipinski definition) is 0. The molecule has 0 radical (unpaired) electrons. The minimum atomic E-state index is 0.0989. The van der Waals surface area contributed by atoms with Gasteiger partial charge in [0.15, 0.2) is 0 Å². The maximum absolute atomic E-state index is 12.6. The largest absolute Gasteiger partial charge is 0.342 e. The summed E-state index contributed by atoms with van der Waals surface area (Å²) >= 11 is 3.26. The molecule has 0 aromatic carbocycles. The van der Waals surface area contributed by atoms with Crippen molar-refractivity contribution in [3.63, 3.8) is 0 Å². The van der Waals surface area contributed by atoms with Gasteiger partial charge in [0.05, 0.1) is 17.0 Å². The van der Waals surface area contributed by atoms with Gasteiger partial charge in [-0.15, -0.1) is 22.7 Å². The van der Waals surface area contributed by atoms with E-state index >= 15 is 0 Å². The van der Waals surface area contributed by atoms with E-state index in [2.05, 4.69) is 11.1 Å². The first-order valence-corrected chi connectivity index (χ1v) is 11.0. The van der Waals surface area contributed by atoms with Crippen LogP contribution in [0.25, 0.3) is 9.88 Å². The zero-order chi connectivity index (χ0) is 17.9. The molecule has 0 saturated carbocycles. The van der Waals surface area contributed by atoms with Crippen molar-refractivity contribution >= 4 is 34.5 Å². The lowest BCUT2D eigenvalue weighted by Gasteiger charge is -2.33. The quantitative estimate of drug-likeness (QED) is 0.806. The molecule has 4 rings (SSSR count). The van der Waals surface area contributed by atoms with Crippen molar-refractivity contribution in [2.45, 2.75) is 32.1 Å². The summed E-state index contributed by atoms with van der Waals surface area (Å²) in [5.74, 6) is 0.525. The molecule has 26 heavy (non-hydrogen) atoms. The van der Waals surface area contributed by atoms with Crippen LogP contribution in [0.2, 0.25) is 0 Å². The van der Waals surface area contributed by atoms with Crippen molar-refractivity contribution in [3.05, 3.63) is 28.6 Å². The molecule has 2 aliphatic rings. The van der Waals surface area contributed by atoms with Crippen molar-refractivity contribution in [3.8, 4) is 9.88 Å². The van der Waals surface area contributed by atoms with E-state index in [1.165, 1.54) is 0 Å². The average molecular weight is 390 g/mol. The first-order valence-electron chi connectivity index (χ1n) is 9.25. The molecule has 5 nitrogen and oxygen atoms in total. The molecular formula is C19H23N3O2S2. The van der Waals surface area contributed by atoms with Gasteiger partial charge in [0.25, 0.3) is 0 Å². The van der Waals surface area contributed by atoms with Gasteiger partial charge < -0.3 is 9.80 Å². The van der Waals surface area contributed by atoms with E-state index in [0.717, 1.165) is 54.4 Å². The number of thiophene rings is 1. The molecule has 0 unspecified atom stereocenters. The topological polar surface area (TPSA) is 53.5 Å². The molecule has 2 aromatic rings. The minimum Gasteiger partial charge on any atom is -0.342 e. The molecule has 0 N–H and O–H groups in total. The third kappa shape index (κ3) is 3.83. The first-order chi connectivity index (χ1) is 12.7. The number of piperidine rings is 1. The molecular weight excluding hydrogens is 366 g/mol. The highest BCUT2D eigenvalue weighted by molar-refractivity contribution is 7.20. The van der Waals surface area contributed by atoms with E-state index in [0.29, 0.717) is 25.4 Å². The fourth-order valence-electron chi connectivity index (χ4n) is 3.74. The summed E-state index contributed by atoms with van der Waals surface area (Å²) in [6.07, 6.45) is 4.19. The van der Waals surface area contributed by atoms with E-state index in [1.807, 2.05) is 26.6 Å². The highest BCUT2D eigenvalue weighted by atomic mass is 32.1. The van der Waals surface area contributed by atoms with Crippen LogP contribution in [0.1, 0.15) is 31.4 Å². The standard InChI is InChI=1S/C19H23N3O2S2/c23-17(12-15-13-26-18(20-15)16-4-3-11-25-16)21-9-5-14(6-10-21)19(24)22-7-1-2-8-22/h3-4,11,13-14H,1-2,5-10,12H2. The summed E-state index contributed by atoms with van der Waals surface area (Å²) in [6.45, 7) is 3.19. The van der Waals surface area contributed by atoms with Crippen molar-refractivity contribution in [2.24, 2.45) is 5.92 Å². The molecule has 2 aliphatic heterocycles. The predicted octanol–water partition coefficient (Wildman–Crippen LogP) is 3.28. The second kappa shape index (κ2) is 7.88. The summed E-state index contributed by atoms with van der Waals surface area (Å²) in [4.78, 5) is 34.7. The number of thiazole rings is 1. The normalized spacial score (nSPS) is 18.5. The summed E-state index contributed by atoms with van der Waals surface area (Å²) in [6, 6.07) is 4.07. The van der Waals surface area contributed by atoms with E-state index < -0.39 is 0 Å². The second-order valence-electron chi connectivity index (χ2n) is 6.99. The minimum absolute atomic E-state index is 0.0989. The highest BCUT2D eigenvalue weighted by Crippen LogP contribution is 2.28. The van der Waals surface area contributed by atoms with Gasteiger partial charge in [-0.25, -0.2) is 4.98 Å². The first kappa shape index (κ1) is 17.7. The number of carbonyl (C=O) groups excluding carboxylic acids is 2. The number of aromatic nitrogens is 1. The molecule has 0 bridgehead atoms. The smallest absolute Gasteiger partial charge is 0.228 e. The van der Waals surface area contributed by atoms with Gasteiger partial charge in [0.1, 0.15) is 5.01 Å². The molecule has 138 valence electrons. The van der Waals surface area contributed by atoms with E-state index in [-0.39, 0.29) is 11.8 Å². The van der Waals surface area contributed by atoms with Crippen LogP contribution in [-0.2, 0) is 16.0 Å². The molecule has 2 saturated heterocycles. The van der Waals surface area contributed by atoms with Gasteiger partial charge in [0, 0.05) is 37.5 Å². The van der Waals surface area contributed by atoms with Crippen LogP contribution >= 0.6 is 22.7 Å².